The molecule has 3 aliphatic rings. The molecule has 3 amide bonds. The van der Waals surface area contributed by atoms with Crippen molar-refractivity contribution in [1.29, 1.82) is 0 Å². The van der Waals surface area contributed by atoms with E-state index in [0.717, 1.165) is 53.6 Å². The lowest BCUT2D eigenvalue weighted by atomic mass is 9.95. The number of thioether (sulfide) groups is 1. The number of hydrogen-bond donors (Lipinski definition) is 1. The molecule has 3 aromatic carbocycles. The molecule has 3 saturated heterocycles. The van der Waals surface area contributed by atoms with Gasteiger partial charge in [-0.2, -0.15) is 8.78 Å². The molecule has 6 atom stereocenters. The Bertz CT molecular complexity index is 2500. The smallest absolute Gasteiger partial charge is 0.420 e. The molecule has 0 spiro atoms. The lowest BCUT2D eigenvalue weighted by Gasteiger charge is -2.36. The highest BCUT2D eigenvalue weighted by atomic mass is 32.2. The first kappa shape index (κ1) is 45.9. The molecule has 1 unspecified atom stereocenters. The Morgan fingerprint density at radius 2 is 1.68 bits per heavy atom. The molecule has 0 radical (unpaired) electrons. The predicted octanol–water partition coefficient (Wildman–Crippen LogP) is 10.0. The van der Waals surface area contributed by atoms with Crippen LogP contribution in [0.3, 0.4) is 0 Å². The average Bonchev–Trinajstić information content (AvgIpc) is 4.02. The molecule has 4 aromatic rings. The minimum atomic E-state index is -5.36. The van der Waals surface area contributed by atoms with Crippen molar-refractivity contribution >= 4 is 69.3 Å². The van der Waals surface area contributed by atoms with Crippen LogP contribution in [0.1, 0.15) is 86.0 Å². The van der Waals surface area contributed by atoms with Crippen LogP contribution in [0.25, 0.3) is 19.8 Å². The van der Waals surface area contributed by atoms with Gasteiger partial charge in [0.1, 0.15) is 17.8 Å². The van der Waals surface area contributed by atoms with Crippen molar-refractivity contribution in [3.63, 3.8) is 0 Å². The lowest BCUT2D eigenvalue weighted by Crippen LogP contribution is -2.56. The second-order valence-electron chi connectivity index (χ2n) is 17.1. The highest BCUT2D eigenvalue weighted by Gasteiger charge is 2.57. The Morgan fingerprint density at radius 1 is 0.952 bits per heavy atom. The molecule has 12 nitrogen and oxygen atoms in total. The Hall–Kier alpha value is -5.12. The van der Waals surface area contributed by atoms with Gasteiger partial charge >= 0.3 is 13.3 Å². The summed E-state index contributed by atoms with van der Waals surface area (Å²) in [6.45, 7) is 20.3. The Labute approximate surface area is 373 Å². The second kappa shape index (κ2) is 18.9. The van der Waals surface area contributed by atoms with Gasteiger partial charge in [0.05, 0.1) is 30.5 Å². The third-order valence-corrected chi connectivity index (χ3v) is 16.0. The fourth-order valence-corrected chi connectivity index (χ4v) is 11.7. The molecule has 0 aliphatic carbocycles. The number of rotatable bonds is 12. The summed E-state index contributed by atoms with van der Waals surface area (Å²) in [6, 6.07) is 17.7. The van der Waals surface area contributed by atoms with Gasteiger partial charge in [0.15, 0.2) is 10.8 Å². The van der Waals surface area contributed by atoms with Crippen LogP contribution in [-0.2, 0) is 29.1 Å². The summed E-state index contributed by atoms with van der Waals surface area (Å²) in [5, 5.41) is 2.95. The summed E-state index contributed by atoms with van der Waals surface area (Å²) in [7, 11) is -5.36. The Kier molecular flexibility index (Phi) is 13.8. The number of carbonyl (C=O) groups is 4. The quantitative estimate of drug-likeness (QED) is 0.0845. The maximum Gasteiger partial charge on any atom is 0.453 e. The number of nitrogens with one attached hydrogen (secondary N) is 1. The van der Waals surface area contributed by atoms with E-state index in [-0.39, 0.29) is 62.9 Å². The lowest BCUT2D eigenvalue weighted by molar-refractivity contribution is -0.146. The first-order chi connectivity index (χ1) is 30.0. The summed E-state index contributed by atoms with van der Waals surface area (Å²) >= 11 is 1.91. The standard InChI is InChI=1S/C46H48F2N5O7PS2/c1-45(2,3)44(57)62-24-23-59-61(58,60-34-19-16-32(49-4)17-20-34)46(47,48)31-15-22-39-30(25-31)26-40(63-39)41(54)51-36-14-10-9-13-33-18-21-38(53(33)42(36)55)43(56)52-27-35(37(28-52)50-5)29-11-7-6-8-12-29/h6-8,11-12,15-17,19-20,22,25-26,33,35-38H,9-10,13-14,18,21,23-24,27-28H2,1-3H3,(H,51,54)/t33-,35+,36-,37-,38-,61?/m0/s1. The van der Waals surface area contributed by atoms with Crippen LogP contribution >= 0.6 is 30.7 Å². The van der Waals surface area contributed by atoms with Crippen molar-refractivity contribution in [2.75, 3.05) is 25.4 Å². The highest BCUT2D eigenvalue weighted by molar-refractivity contribution is 8.13. The number of nitrogens with zero attached hydrogens (tertiary/aromatic N) is 4. The molecule has 0 saturated carbocycles. The maximum atomic E-state index is 16.6. The zero-order chi connectivity index (χ0) is 45.1. The number of hydrogen-bond acceptors (Lipinski definition) is 9. The molecule has 7 rings (SSSR count). The summed E-state index contributed by atoms with van der Waals surface area (Å²) in [4.78, 5) is 65.5. The molecule has 330 valence electrons. The van der Waals surface area contributed by atoms with Crippen molar-refractivity contribution in [2.24, 2.45) is 5.41 Å². The first-order valence-corrected chi connectivity index (χ1v) is 24.2. The SMILES string of the molecule is [C-]#[N+]c1ccc(OP(=O)(OCCSC(=O)C(C)(C)C)C(F)(F)c2ccc3sc(C(=O)N[C@H]4CCCC[C@H]5CC[C@@H](C(=O)N6C[C@H]([N+]#[C-])[C@@H](c7ccccc7)C6)N5C4=O)cc3c2)cc1. The fraction of sp³-hybridized carbons (Fsp3) is 0.435. The van der Waals surface area contributed by atoms with Gasteiger partial charge in [-0.15, -0.1) is 11.3 Å². The number of fused-ring (bicyclic) bond motifs is 2. The Balaban J connectivity index is 1.07. The summed E-state index contributed by atoms with van der Waals surface area (Å²) in [5.41, 5.74) is -4.38. The minimum absolute atomic E-state index is 0.0611. The fourth-order valence-electron chi connectivity index (χ4n) is 8.37. The number of likely N-dealkylation sites (tertiary alicyclic amines) is 1. The van der Waals surface area contributed by atoms with E-state index < -0.39 is 54.9 Å². The molecule has 0 bridgehead atoms. The maximum absolute atomic E-state index is 16.6. The zero-order valence-electron chi connectivity index (χ0n) is 35.1. The van der Waals surface area contributed by atoms with Crippen LogP contribution in [-0.4, -0.2) is 82.3 Å². The molecule has 4 heterocycles. The largest absolute Gasteiger partial charge is 0.453 e. The summed E-state index contributed by atoms with van der Waals surface area (Å²) in [5.74, 6) is -1.50. The van der Waals surface area contributed by atoms with Crippen molar-refractivity contribution in [3.8, 4) is 5.75 Å². The van der Waals surface area contributed by atoms with Gasteiger partial charge < -0.3 is 24.5 Å². The Morgan fingerprint density at radius 3 is 2.38 bits per heavy atom. The molecular formula is C46H48F2N5O7PS2. The van der Waals surface area contributed by atoms with E-state index in [1.807, 2.05) is 30.3 Å². The van der Waals surface area contributed by atoms with Gasteiger partial charge in [-0.1, -0.05) is 93.9 Å². The van der Waals surface area contributed by atoms with Gasteiger partial charge in [0.2, 0.25) is 17.9 Å². The third kappa shape index (κ3) is 9.85. The number of carbonyl (C=O) groups excluding carboxylic acids is 4. The van der Waals surface area contributed by atoms with E-state index in [2.05, 4.69) is 15.0 Å². The van der Waals surface area contributed by atoms with Crippen molar-refractivity contribution in [2.45, 2.75) is 95.0 Å². The van der Waals surface area contributed by atoms with Crippen LogP contribution in [0.2, 0.25) is 0 Å². The van der Waals surface area contributed by atoms with Gasteiger partial charge in [-0.3, -0.25) is 23.7 Å². The molecule has 63 heavy (non-hydrogen) atoms. The number of benzene rings is 3. The second-order valence-corrected chi connectivity index (χ2v) is 21.2. The normalized spacial score (nSPS) is 22.6. The van der Waals surface area contributed by atoms with Gasteiger partial charge in [0.25, 0.3) is 5.91 Å². The van der Waals surface area contributed by atoms with Gasteiger partial charge in [0, 0.05) is 34.0 Å². The average molecular weight is 916 g/mol. The van der Waals surface area contributed by atoms with E-state index in [1.165, 1.54) is 36.4 Å². The van der Waals surface area contributed by atoms with Crippen LogP contribution in [0.15, 0.2) is 78.9 Å². The van der Waals surface area contributed by atoms with Crippen LogP contribution in [0.4, 0.5) is 14.5 Å². The molecule has 3 fully saturated rings. The molecular weight excluding hydrogens is 868 g/mol. The van der Waals surface area contributed by atoms with Crippen molar-refractivity contribution in [1.82, 2.24) is 15.1 Å². The number of amides is 3. The van der Waals surface area contributed by atoms with Crippen LogP contribution < -0.4 is 9.84 Å². The number of thiophene rings is 1. The molecule has 1 aromatic heterocycles. The summed E-state index contributed by atoms with van der Waals surface area (Å²) < 4.78 is 58.6. The van der Waals surface area contributed by atoms with Crippen LogP contribution in [0.5, 0.6) is 5.75 Å². The number of alkyl halides is 2. The molecule has 3 aliphatic heterocycles. The van der Waals surface area contributed by atoms with E-state index in [1.54, 1.807) is 30.6 Å². The van der Waals surface area contributed by atoms with E-state index >= 15 is 8.78 Å². The molecule has 17 heteroatoms. The molecule has 1 N–H and O–H groups in total. The van der Waals surface area contributed by atoms with Crippen molar-refractivity contribution in [3.05, 3.63) is 118 Å². The summed E-state index contributed by atoms with van der Waals surface area (Å²) in [6.07, 6.45) is 3.72. The first-order valence-electron chi connectivity index (χ1n) is 20.9. The topological polar surface area (TPSA) is 131 Å². The van der Waals surface area contributed by atoms with E-state index in [9.17, 15) is 23.7 Å². The monoisotopic (exact) mass is 915 g/mol. The van der Waals surface area contributed by atoms with Gasteiger partial charge in [-0.25, -0.2) is 16.0 Å². The van der Waals surface area contributed by atoms with E-state index in [0.29, 0.717) is 36.9 Å². The minimum Gasteiger partial charge on any atom is -0.420 e. The highest BCUT2D eigenvalue weighted by Crippen LogP contribution is 2.66. The third-order valence-electron chi connectivity index (χ3n) is 11.7. The predicted molar refractivity (Wildman–Crippen MR) is 239 cm³/mol. The van der Waals surface area contributed by atoms with Crippen LogP contribution in [0, 0.1) is 18.6 Å². The zero-order valence-corrected chi connectivity index (χ0v) is 37.7. The van der Waals surface area contributed by atoms with Crippen molar-refractivity contribution < 1.29 is 41.6 Å². The van der Waals surface area contributed by atoms with Gasteiger partial charge in [-0.05, 0) is 67.0 Å². The van der Waals surface area contributed by atoms with E-state index in [4.69, 9.17) is 22.2 Å². The number of halogens is 2.